The molecule has 0 unspecified atom stereocenters. The summed E-state index contributed by atoms with van der Waals surface area (Å²) < 4.78 is 5.72. The summed E-state index contributed by atoms with van der Waals surface area (Å²) in [5.74, 6) is 0.782. The van der Waals surface area contributed by atoms with Gasteiger partial charge in [-0.25, -0.2) is 0 Å². The Kier molecular flexibility index (Phi) is 4.48. The fourth-order valence-corrected chi connectivity index (χ4v) is 1.14. The molecule has 0 radical (unpaired) electrons. The third-order valence-electron chi connectivity index (χ3n) is 3.03. The average Bonchev–Trinajstić information content (AvgIpc) is 2.27. The molecule has 17 heavy (non-hydrogen) atoms. The highest BCUT2D eigenvalue weighted by Crippen LogP contribution is 2.16. The highest BCUT2D eigenvalue weighted by Gasteiger charge is 2.21. The molecule has 1 atom stereocenters. The maximum atomic E-state index is 5.74. The van der Waals surface area contributed by atoms with E-state index in [1.807, 2.05) is 33.2 Å². The predicted octanol–water partition coefficient (Wildman–Crippen LogP) is 1.82. The molecule has 0 aliphatic carbocycles. The van der Waals surface area contributed by atoms with Crippen molar-refractivity contribution < 1.29 is 4.74 Å². The van der Waals surface area contributed by atoms with Gasteiger partial charge in [-0.2, -0.15) is 0 Å². The van der Waals surface area contributed by atoms with E-state index in [2.05, 4.69) is 23.7 Å². The van der Waals surface area contributed by atoms with Gasteiger partial charge in [-0.3, -0.25) is 4.98 Å². The molecular formula is C13H23N3O. The zero-order chi connectivity index (χ0) is 13.1. The Morgan fingerprint density at radius 1 is 1.41 bits per heavy atom. The van der Waals surface area contributed by atoms with Crippen LogP contribution in [0.3, 0.4) is 0 Å². The molecule has 2 N–H and O–H groups in total. The summed E-state index contributed by atoms with van der Waals surface area (Å²) in [6, 6.07) is 3.78. The smallest absolute Gasteiger partial charge is 0.137 e. The van der Waals surface area contributed by atoms with Gasteiger partial charge in [-0.1, -0.05) is 0 Å². The number of nitrogens with zero attached hydrogens (tertiary/aromatic N) is 2. The Labute approximate surface area is 104 Å². The van der Waals surface area contributed by atoms with Gasteiger partial charge in [0.15, 0.2) is 0 Å². The van der Waals surface area contributed by atoms with E-state index in [1.54, 1.807) is 6.20 Å². The molecule has 1 rings (SSSR count). The highest BCUT2D eigenvalue weighted by molar-refractivity contribution is 5.21. The lowest BCUT2D eigenvalue weighted by Crippen LogP contribution is -2.43. The SMILES string of the molecule is C[C@H](N)c1ccc(OCC(C)(C)N(C)C)cn1. The summed E-state index contributed by atoms with van der Waals surface area (Å²) in [4.78, 5) is 6.40. The van der Waals surface area contributed by atoms with Crippen LogP contribution in [0.4, 0.5) is 0 Å². The number of hydrogen-bond acceptors (Lipinski definition) is 4. The summed E-state index contributed by atoms with van der Waals surface area (Å²) in [7, 11) is 4.08. The fourth-order valence-electron chi connectivity index (χ4n) is 1.14. The quantitative estimate of drug-likeness (QED) is 0.848. The summed E-state index contributed by atoms with van der Waals surface area (Å²) in [6.45, 7) is 6.81. The van der Waals surface area contributed by atoms with E-state index < -0.39 is 0 Å². The van der Waals surface area contributed by atoms with Crippen molar-refractivity contribution in [1.82, 2.24) is 9.88 Å². The van der Waals surface area contributed by atoms with Crippen molar-refractivity contribution in [3.63, 3.8) is 0 Å². The molecule has 4 heteroatoms. The van der Waals surface area contributed by atoms with Gasteiger partial charge in [0, 0.05) is 11.6 Å². The van der Waals surface area contributed by atoms with Crippen LogP contribution < -0.4 is 10.5 Å². The number of rotatable bonds is 5. The second-order valence-electron chi connectivity index (χ2n) is 5.20. The number of likely N-dealkylation sites (N-methyl/N-ethyl adjacent to an activating group) is 1. The molecule has 0 saturated heterocycles. The Morgan fingerprint density at radius 2 is 2.06 bits per heavy atom. The third-order valence-corrected chi connectivity index (χ3v) is 3.03. The Hall–Kier alpha value is -1.13. The topological polar surface area (TPSA) is 51.4 Å². The minimum Gasteiger partial charge on any atom is -0.490 e. The molecule has 0 bridgehead atoms. The maximum Gasteiger partial charge on any atom is 0.137 e. The van der Waals surface area contributed by atoms with Crippen LogP contribution in [0.25, 0.3) is 0 Å². The first-order valence-corrected chi connectivity index (χ1v) is 5.84. The van der Waals surface area contributed by atoms with Crippen LogP contribution in [0.5, 0.6) is 5.75 Å². The number of aromatic nitrogens is 1. The Balaban J connectivity index is 2.59. The van der Waals surface area contributed by atoms with E-state index in [4.69, 9.17) is 10.5 Å². The molecule has 0 saturated carbocycles. The van der Waals surface area contributed by atoms with E-state index >= 15 is 0 Å². The summed E-state index contributed by atoms with van der Waals surface area (Å²) >= 11 is 0. The fraction of sp³-hybridized carbons (Fsp3) is 0.615. The van der Waals surface area contributed by atoms with Crippen molar-refractivity contribution in [3.8, 4) is 5.75 Å². The molecule has 0 fully saturated rings. The van der Waals surface area contributed by atoms with Gasteiger partial charge >= 0.3 is 0 Å². The van der Waals surface area contributed by atoms with Crippen molar-refractivity contribution in [2.75, 3.05) is 20.7 Å². The van der Waals surface area contributed by atoms with Crippen LogP contribution in [-0.2, 0) is 0 Å². The Bertz CT molecular complexity index is 344. The van der Waals surface area contributed by atoms with Crippen molar-refractivity contribution in [3.05, 3.63) is 24.0 Å². The molecule has 4 nitrogen and oxygen atoms in total. The summed E-state index contributed by atoms with van der Waals surface area (Å²) in [5, 5.41) is 0. The van der Waals surface area contributed by atoms with Crippen molar-refractivity contribution in [1.29, 1.82) is 0 Å². The predicted molar refractivity (Wildman–Crippen MR) is 70.1 cm³/mol. The van der Waals surface area contributed by atoms with Crippen LogP contribution in [0.15, 0.2) is 18.3 Å². The number of nitrogens with two attached hydrogens (primary N) is 1. The molecule has 0 aliphatic rings. The number of ether oxygens (including phenoxy) is 1. The standard InChI is InChI=1S/C13H23N3O/c1-10(14)12-7-6-11(8-15-12)17-9-13(2,3)16(4)5/h6-8,10H,9,14H2,1-5H3/t10-/m0/s1. The lowest BCUT2D eigenvalue weighted by molar-refractivity contribution is 0.114. The van der Waals surface area contributed by atoms with Gasteiger partial charge in [0.05, 0.1) is 11.9 Å². The second-order valence-corrected chi connectivity index (χ2v) is 5.20. The zero-order valence-electron chi connectivity index (χ0n) is 11.4. The van der Waals surface area contributed by atoms with Crippen molar-refractivity contribution in [2.45, 2.75) is 32.4 Å². The van der Waals surface area contributed by atoms with Crippen LogP contribution in [-0.4, -0.2) is 36.1 Å². The molecule has 1 aromatic rings. The van der Waals surface area contributed by atoms with E-state index in [1.165, 1.54) is 0 Å². The van der Waals surface area contributed by atoms with Gasteiger partial charge in [-0.05, 0) is 47.0 Å². The van der Waals surface area contributed by atoms with E-state index in [0.29, 0.717) is 6.61 Å². The van der Waals surface area contributed by atoms with E-state index in [-0.39, 0.29) is 11.6 Å². The van der Waals surface area contributed by atoms with Crippen LogP contribution in [0.2, 0.25) is 0 Å². The lowest BCUT2D eigenvalue weighted by atomic mass is 10.1. The minimum atomic E-state index is -0.0396. The van der Waals surface area contributed by atoms with Gasteiger partial charge in [-0.15, -0.1) is 0 Å². The normalized spacial score (nSPS) is 13.8. The van der Waals surface area contributed by atoms with Gasteiger partial charge in [0.2, 0.25) is 0 Å². The average molecular weight is 237 g/mol. The Morgan fingerprint density at radius 3 is 2.47 bits per heavy atom. The van der Waals surface area contributed by atoms with Crippen LogP contribution >= 0.6 is 0 Å². The van der Waals surface area contributed by atoms with Gasteiger partial charge in [0.25, 0.3) is 0 Å². The van der Waals surface area contributed by atoms with Gasteiger partial charge < -0.3 is 15.4 Å². The number of hydrogen-bond donors (Lipinski definition) is 1. The third kappa shape index (κ3) is 3.98. The first-order valence-electron chi connectivity index (χ1n) is 5.84. The molecule has 0 aliphatic heterocycles. The largest absolute Gasteiger partial charge is 0.490 e. The molecular weight excluding hydrogens is 214 g/mol. The monoisotopic (exact) mass is 237 g/mol. The molecule has 0 amide bonds. The molecule has 1 aromatic heterocycles. The van der Waals surface area contributed by atoms with Crippen molar-refractivity contribution in [2.24, 2.45) is 5.73 Å². The summed E-state index contributed by atoms with van der Waals surface area (Å²) in [6.07, 6.45) is 1.73. The molecule has 0 aromatic carbocycles. The van der Waals surface area contributed by atoms with Crippen LogP contribution in [0, 0.1) is 0 Å². The minimum absolute atomic E-state index is 0.000168. The second kappa shape index (κ2) is 5.47. The molecule has 0 spiro atoms. The first-order chi connectivity index (χ1) is 7.83. The lowest BCUT2D eigenvalue weighted by Gasteiger charge is -2.32. The summed E-state index contributed by atoms with van der Waals surface area (Å²) in [5.41, 5.74) is 6.62. The zero-order valence-corrected chi connectivity index (χ0v) is 11.4. The van der Waals surface area contributed by atoms with Crippen molar-refractivity contribution >= 4 is 0 Å². The van der Waals surface area contributed by atoms with Gasteiger partial charge in [0.1, 0.15) is 12.4 Å². The van der Waals surface area contributed by atoms with Crippen LogP contribution in [0.1, 0.15) is 32.5 Å². The highest BCUT2D eigenvalue weighted by atomic mass is 16.5. The molecule has 96 valence electrons. The first kappa shape index (κ1) is 13.9. The van der Waals surface area contributed by atoms with E-state index in [0.717, 1.165) is 11.4 Å². The maximum absolute atomic E-state index is 5.74. The number of pyridine rings is 1. The van der Waals surface area contributed by atoms with E-state index in [9.17, 15) is 0 Å². The molecule has 1 heterocycles.